The number of hydrogen-bond donors (Lipinski definition) is 0. The minimum absolute atomic E-state index is 0.306. The third-order valence-electron chi connectivity index (χ3n) is 4.06. The summed E-state index contributed by atoms with van der Waals surface area (Å²) in [7, 11) is 3.46. The first kappa shape index (κ1) is 15.1. The Bertz CT molecular complexity index is 775. The number of ether oxygens (including phenoxy) is 1. The molecule has 0 aromatic heterocycles. The Kier molecular flexibility index (Phi) is 4.29. The maximum absolute atomic E-state index is 11.7. The van der Waals surface area contributed by atoms with Gasteiger partial charge >= 0.3 is 5.97 Å². The third-order valence-corrected chi connectivity index (χ3v) is 4.06. The van der Waals surface area contributed by atoms with Crippen LogP contribution in [0, 0.1) is 0 Å². The first-order valence-electron chi connectivity index (χ1n) is 7.57. The Hall–Kier alpha value is -2.81. The zero-order chi connectivity index (χ0) is 16.2. The van der Waals surface area contributed by atoms with Crippen molar-refractivity contribution in [2.75, 3.05) is 19.1 Å². The summed E-state index contributed by atoms with van der Waals surface area (Å²) in [6.07, 6.45) is 7.17. The van der Waals surface area contributed by atoms with Crippen LogP contribution in [0.1, 0.15) is 21.5 Å². The van der Waals surface area contributed by atoms with Crippen molar-refractivity contribution in [2.24, 2.45) is 0 Å². The minimum Gasteiger partial charge on any atom is -0.465 e. The molecule has 0 unspecified atom stereocenters. The molecule has 3 nitrogen and oxygen atoms in total. The van der Waals surface area contributed by atoms with Gasteiger partial charge in [0.25, 0.3) is 0 Å². The molecule has 0 aliphatic heterocycles. The molecular formula is C20H19NO2. The number of rotatable bonds is 3. The minimum atomic E-state index is -0.306. The highest BCUT2D eigenvalue weighted by atomic mass is 16.5. The molecule has 0 saturated heterocycles. The fourth-order valence-electron chi connectivity index (χ4n) is 2.69. The summed E-state index contributed by atoms with van der Waals surface area (Å²) >= 11 is 0. The number of nitrogens with zero attached hydrogens (tertiary/aromatic N) is 1. The number of benzene rings is 2. The number of esters is 1. The summed E-state index contributed by atoms with van der Waals surface area (Å²) in [4.78, 5) is 13.8. The summed E-state index contributed by atoms with van der Waals surface area (Å²) in [6, 6.07) is 15.9. The van der Waals surface area contributed by atoms with Crippen molar-refractivity contribution in [2.45, 2.75) is 6.42 Å². The van der Waals surface area contributed by atoms with E-state index in [9.17, 15) is 4.79 Å². The molecule has 0 radical (unpaired) electrons. The molecule has 1 aliphatic rings. The average Bonchev–Trinajstić information content (AvgIpc) is 2.83. The van der Waals surface area contributed by atoms with Gasteiger partial charge in [0.05, 0.1) is 12.7 Å². The fraction of sp³-hybridized carbons (Fsp3) is 0.150. The molecule has 0 amide bonds. The fourth-order valence-corrected chi connectivity index (χ4v) is 2.69. The number of carbonyl (C=O) groups is 1. The van der Waals surface area contributed by atoms with Crippen molar-refractivity contribution < 1.29 is 9.53 Å². The van der Waals surface area contributed by atoms with E-state index < -0.39 is 0 Å². The second-order valence-electron chi connectivity index (χ2n) is 5.47. The van der Waals surface area contributed by atoms with Gasteiger partial charge in [-0.2, -0.15) is 0 Å². The molecule has 0 heterocycles. The monoisotopic (exact) mass is 305 g/mol. The van der Waals surface area contributed by atoms with E-state index in [1.807, 2.05) is 36.4 Å². The van der Waals surface area contributed by atoms with Crippen molar-refractivity contribution in [3.8, 4) is 0 Å². The Labute approximate surface area is 136 Å². The molecule has 0 N–H and O–H groups in total. The first-order chi connectivity index (χ1) is 11.2. The number of methoxy groups -OCH3 is 1. The van der Waals surface area contributed by atoms with Crippen molar-refractivity contribution in [1.82, 2.24) is 0 Å². The van der Waals surface area contributed by atoms with Crippen LogP contribution in [0.15, 0.2) is 66.4 Å². The van der Waals surface area contributed by atoms with Gasteiger partial charge in [0.1, 0.15) is 0 Å². The zero-order valence-corrected chi connectivity index (χ0v) is 13.3. The van der Waals surface area contributed by atoms with Gasteiger partial charge in [-0.25, -0.2) is 4.79 Å². The van der Waals surface area contributed by atoms with Crippen LogP contribution in [-0.4, -0.2) is 20.1 Å². The quantitative estimate of drug-likeness (QED) is 0.801. The van der Waals surface area contributed by atoms with Crippen LogP contribution in [0.5, 0.6) is 0 Å². The lowest BCUT2D eigenvalue weighted by Crippen LogP contribution is -2.14. The molecule has 0 spiro atoms. The Morgan fingerprint density at radius 1 is 1.09 bits per heavy atom. The number of allylic oxidation sites excluding steroid dienone is 2. The second-order valence-corrected chi connectivity index (χ2v) is 5.47. The van der Waals surface area contributed by atoms with Crippen molar-refractivity contribution in [1.29, 1.82) is 0 Å². The van der Waals surface area contributed by atoms with Gasteiger partial charge < -0.3 is 9.64 Å². The van der Waals surface area contributed by atoms with E-state index in [0.29, 0.717) is 5.56 Å². The summed E-state index contributed by atoms with van der Waals surface area (Å²) in [6.45, 7) is 0. The number of para-hydroxylation sites is 1. The summed E-state index contributed by atoms with van der Waals surface area (Å²) in [5.41, 5.74) is 5.11. The van der Waals surface area contributed by atoms with Gasteiger partial charge in [0.2, 0.25) is 0 Å². The summed E-state index contributed by atoms with van der Waals surface area (Å²) < 4.78 is 4.79. The van der Waals surface area contributed by atoms with E-state index in [2.05, 4.69) is 42.3 Å². The lowest BCUT2D eigenvalue weighted by Gasteiger charge is -2.20. The molecule has 3 heteroatoms. The van der Waals surface area contributed by atoms with Crippen LogP contribution in [0.2, 0.25) is 0 Å². The van der Waals surface area contributed by atoms with Gasteiger partial charge in [0.15, 0.2) is 0 Å². The van der Waals surface area contributed by atoms with E-state index in [1.165, 1.54) is 12.7 Å². The van der Waals surface area contributed by atoms with Crippen molar-refractivity contribution >= 4 is 17.7 Å². The first-order valence-corrected chi connectivity index (χ1v) is 7.57. The van der Waals surface area contributed by atoms with Crippen LogP contribution >= 0.6 is 0 Å². The van der Waals surface area contributed by atoms with Crippen LogP contribution in [0.3, 0.4) is 0 Å². The summed E-state index contributed by atoms with van der Waals surface area (Å²) in [5.74, 6) is -0.306. The smallest absolute Gasteiger partial charge is 0.337 e. The van der Waals surface area contributed by atoms with Crippen molar-refractivity contribution in [3.05, 3.63) is 83.1 Å². The zero-order valence-electron chi connectivity index (χ0n) is 13.3. The van der Waals surface area contributed by atoms with E-state index in [1.54, 1.807) is 0 Å². The number of fused-ring (bicyclic) bond motifs is 1. The van der Waals surface area contributed by atoms with Crippen molar-refractivity contribution in [3.63, 3.8) is 0 Å². The molecule has 0 saturated carbocycles. The van der Waals surface area contributed by atoms with Crippen LogP contribution in [0.4, 0.5) is 5.69 Å². The number of anilines is 1. The van der Waals surface area contributed by atoms with E-state index in [4.69, 9.17) is 4.74 Å². The SMILES string of the molecule is COC(=O)c1ccc2c(c1)C=CC(N(C)c1ccccc1)=CC2. The predicted molar refractivity (Wildman–Crippen MR) is 93.4 cm³/mol. The van der Waals surface area contributed by atoms with Gasteiger partial charge in [0, 0.05) is 18.4 Å². The standard InChI is InChI=1S/C20H19NO2/c1-21(18-6-4-3-5-7-18)19-12-10-15-8-9-17(20(22)23-2)14-16(15)11-13-19/h3-9,11-14H,10H2,1-2H3. The number of hydrogen-bond acceptors (Lipinski definition) is 3. The molecule has 3 rings (SSSR count). The van der Waals surface area contributed by atoms with E-state index >= 15 is 0 Å². The highest BCUT2D eigenvalue weighted by Gasteiger charge is 2.11. The lowest BCUT2D eigenvalue weighted by atomic mass is 10.0. The highest BCUT2D eigenvalue weighted by Crippen LogP contribution is 2.24. The Morgan fingerprint density at radius 2 is 1.87 bits per heavy atom. The molecule has 2 aromatic carbocycles. The van der Waals surface area contributed by atoms with Crippen LogP contribution in [-0.2, 0) is 11.2 Å². The average molecular weight is 305 g/mol. The normalized spacial score (nSPS) is 12.9. The molecular weight excluding hydrogens is 286 g/mol. The summed E-state index contributed by atoms with van der Waals surface area (Å²) in [5, 5.41) is 0. The van der Waals surface area contributed by atoms with Crippen LogP contribution in [0.25, 0.3) is 6.08 Å². The molecule has 0 atom stereocenters. The van der Waals surface area contributed by atoms with Gasteiger partial charge in [-0.05, 0) is 47.9 Å². The molecule has 23 heavy (non-hydrogen) atoms. The molecule has 0 bridgehead atoms. The largest absolute Gasteiger partial charge is 0.465 e. The Morgan fingerprint density at radius 3 is 2.61 bits per heavy atom. The van der Waals surface area contributed by atoms with E-state index in [-0.39, 0.29) is 5.97 Å². The van der Waals surface area contributed by atoms with Gasteiger partial charge in [-0.15, -0.1) is 0 Å². The molecule has 0 fully saturated rings. The van der Waals surface area contributed by atoms with Gasteiger partial charge in [-0.3, -0.25) is 0 Å². The molecule has 116 valence electrons. The topological polar surface area (TPSA) is 29.5 Å². The Balaban J connectivity index is 1.88. The maximum atomic E-state index is 11.7. The third kappa shape index (κ3) is 3.19. The molecule has 2 aromatic rings. The maximum Gasteiger partial charge on any atom is 0.337 e. The van der Waals surface area contributed by atoms with E-state index in [0.717, 1.165) is 23.4 Å². The second kappa shape index (κ2) is 6.53. The van der Waals surface area contributed by atoms with Crippen LogP contribution < -0.4 is 4.90 Å². The molecule has 1 aliphatic carbocycles. The highest BCUT2D eigenvalue weighted by molar-refractivity contribution is 5.90. The number of carbonyl (C=O) groups excluding carboxylic acids is 1. The predicted octanol–water partition coefficient (Wildman–Crippen LogP) is 4.06. The lowest BCUT2D eigenvalue weighted by molar-refractivity contribution is 0.0600. The number of likely N-dealkylation sites (N-methyl/N-ethyl adjacent to an activating group) is 1. The van der Waals surface area contributed by atoms with Gasteiger partial charge in [-0.1, -0.05) is 36.4 Å².